The summed E-state index contributed by atoms with van der Waals surface area (Å²) in [6.07, 6.45) is 8.43. The number of carboxylic acids is 1. The predicted molar refractivity (Wildman–Crippen MR) is 86.5 cm³/mol. The average molecular weight is 309 g/mol. The lowest BCUT2D eigenvalue weighted by Crippen LogP contribution is -2.21. The van der Waals surface area contributed by atoms with Crippen LogP contribution in [-0.2, 0) is 4.74 Å². The van der Waals surface area contributed by atoms with E-state index in [-0.39, 0.29) is 0 Å². The van der Waals surface area contributed by atoms with E-state index in [1.807, 2.05) is 24.5 Å². The van der Waals surface area contributed by atoms with E-state index in [1.165, 1.54) is 31.0 Å². The van der Waals surface area contributed by atoms with Crippen LogP contribution < -0.4 is 5.32 Å². The molecule has 0 saturated heterocycles. The van der Waals surface area contributed by atoms with Crippen LogP contribution in [-0.4, -0.2) is 36.6 Å². The van der Waals surface area contributed by atoms with Gasteiger partial charge in [-0.05, 0) is 31.2 Å². The number of carboxylic acid groups (broad SMARTS) is 1. The van der Waals surface area contributed by atoms with Gasteiger partial charge in [0.2, 0.25) is 0 Å². The molecule has 0 amide bonds. The molecule has 2 N–H and O–H groups in total. The third-order valence-corrected chi connectivity index (χ3v) is 4.56. The zero-order chi connectivity index (χ0) is 15.1. The fourth-order valence-corrected chi connectivity index (χ4v) is 3.33. The Bertz CT molecular complexity index is 473. The summed E-state index contributed by atoms with van der Waals surface area (Å²) in [5.41, 5.74) is 1.02. The molecule has 0 spiro atoms. The molecule has 1 fully saturated rings. The van der Waals surface area contributed by atoms with Crippen LogP contribution in [0, 0.1) is 0 Å². The van der Waals surface area contributed by atoms with Crippen molar-refractivity contribution in [1.82, 2.24) is 0 Å². The molecule has 2 rings (SSSR count). The molecule has 1 saturated carbocycles. The van der Waals surface area contributed by atoms with Crippen LogP contribution in [0.5, 0.6) is 0 Å². The van der Waals surface area contributed by atoms with E-state index in [0.717, 1.165) is 17.7 Å². The van der Waals surface area contributed by atoms with Gasteiger partial charge in [0.1, 0.15) is 0 Å². The molecule has 116 valence electrons. The second kappa shape index (κ2) is 8.29. The summed E-state index contributed by atoms with van der Waals surface area (Å²) < 4.78 is 5.85. The Kier molecular flexibility index (Phi) is 6.39. The average Bonchev–Trinajstić information content (AvgIpc) is 2.52. The molecule has 4 nitrogen and oxygen atoms in total. The smallest absolute Gasteiger partial charge is 0.338 e. The SMILES string of the molecule is CSc1cccc(NCCOC2CCCCC2)c1C(=O)O. The van der Waals surface area contributed by atoms with Crippen LogP contribution in [0.4, 0.5) is 5.69 Å². The van der Waals surface area contributed by atoms with Crippen molar-refractivity contribution < 1.29 is 14.6 Å². The predicted octanol–water partition coefficient (Wildman–Crippen LogP) is 3.87. The maximum atomic E-state index is 11.4. The number of benzene rings is 1. The second-order valence-electron chi connectivity index (χ2n) is 5.25. The van der Waals surface area contributed by atoms with Gasteiger partial charge < -0.3 is 15.2 Å². The number of aromatic carboxylic acids is 1. The topological polar surface area (TPSA) is 58.6 Å². The first-order valence-electron chi connectivity index (χ1n) is 7.48. The molecular formula is C16H23NO3S. The number of nitrogens with one attached hydrogen (secondary N) is 1. The van der Waals surface area contributed by atoms with Gasteiger partial charge in [0, 0.05) is 17.1 Å². The zero-order valence-electron chi connectivity index (χ0n) is 12.4. The van der Waals surface area contributed by atoms with Crippen molar-refractivity contribution in [3.8, 4) is 0 Å². The Labute approximate surface area is 130 Å². The van der Waals surface area contributed by atoms with Gasteiger partial charge >= 0.3 is 5.97 Å². The molecule has 21 heavy (non-hydrogen) atoms. The maximum Gasteiger partial charge on any atom is 0.338 e. The Morgan fingerprint density at radius 3 is 2.81 bits per heavy atom. The highest BCUT2D eigenvalue weighted by molar-refractivity contribution is 7.98. The van der Waals surface area contributed by atoms with Gasteiger partial charge in [0.15, 0.2) is 0 Å². The minimum atomic E-state index is -0.893. The second-order valence-corrected chi connectivity index (χ2v) is 6.09. The molecule has 1 aromatic rings. The summed E-state index contributed by atoms with van der Waals surface area (Å²) in [6, 6.07) is 5.52. The minimum Gasteiger partial charge on any atom is -0.478 e. The van der Waals surface area contributed by atoms with Gasteiger partial charge in [-0.1, -0.05) is 25.3 Å². The third kappa shape index (κ3) is 4.64. The van der Waals surface area contributed by atoms with Crippen molar-refractivity contribution in [2.24, 2.45) is 0 Å². The van der Waals surface area contributed by atoms with E-state index in [1.54, 1.807) is 0 Å². The van der Waals surface area contributed by atoms with Crippen molar-refractivity contribution in [2.45, 2.75) is 43.1 Å². The summed E-state index contributed by atoms with van der Waals surface area (Å²) in [7, 11) is 0. The fourth-order valence-electron chi connectivity index (χ4n) is 2.71. The highest BCUT2D eigenvalue weighted by Gasteiger charge is 2.15. The summed E-state index contributed by atoms with van der Waals surface area (Å²) in [6.45, 7) is 1.25. The summed E-state index contributed by atoms with van der Waals surface area (Å²) in [5, 5.41) is 12.5. The number of ether oxygens (including phenoxy) is 1. The van der Waals surface area contributed by atoms with E-state index in [2.05, 4.69) is 5.32 Å². The van der Waals surface area contributed by atoms with Crippen molar-refractivity contribution in [3.63, 3.8) is 0 Å². The quantitative estimate of drug-likeness (QED) is 0.591. The molecule has 0 atom stereocenters. The van der Waals surface area contributed by atoms with Crippen LogP contribution in [0.2, 0.25) is 0 Å². The lowest BCUT2D eigenvalue weighted by molar-refractivity contribution is 0.0347. The van der Waals surface area contributed by atoms with Gasteiger partial charge in [-0.25, -0.2) is 4.79 Å². The first kappa shape index (κ1) is 16.2. The molecule has 0 bridgehead atoms. The van der Waals surface area contributed by atoms with E-state index < -0.39 is 5.97 Å². The molecule has 0 heterocycles. The molecule has 0 radical (unpaired) electrons. The number of hydrogen-bond acceptors (Lipinski definition) is 4. The summed E-state index contributed by atoms with van der Waals surface area (Å²) >= 11 is 1.45. The molecule has 0 aromatic heterocycles. The van der Waals surface area contributed by atoms with Crippen LogP contribution in [0.25, 0.3) is 0 Å². The highest BCUT2D eigenvalue weighted by atomic mass is 32.2. The number of anilines is 1. The first-order valence-corrected chi connectivity index (χ1v) is 8.70. The first-order chi connectivity index (χ1) is 10.2. The zero-order valence-corrected chi connectivity index (χ0v) is 13.2. The fraction of sp³-hybridized carbons (Fsp3) is 0.562. The van der Waals surface area contributed by atoms with Gasteiger partial charge in [-0.3, -0.25) is 0 Å². The maximum absolute atomic E-state index is 11.4. The number of rotatable bonds is 7. The van der Waals surface area contributed by atoms with E-state index in [4.69, 9.17) is 4.74 Å². The Morgan fingerprint density at radius 2 is 2.14 bits per heavy atom. The molecular weight excluding hydrogens is 286 g/mol. The Hall–Kier alpha value is -1.20. The molecule has 1 aliphatic carbocycles. The van der Waals surface area contributed by atoms with E-state index >= 15 is 0 Å². The largest absolute Gasteiger partial charge is 0.478 e. The third-order valence-electron chi connectivity index (χ3n) is 3.78. The van der Waals surface area contributed by atoms with Crippen molar-refractivity contribution >= 4 is 23.4 Å². The lowest BCUT2D eigenvalue weighted by Gasteiger charge is -2.22. The molecule has 0 aliphatic heterocycles. The normalized spacial score (nSPS) is 15.9. The summed E-state index contributed by atoms with van der Waals surface area (Å²) in [4.78, 5) is 12.2. The van der Waals surface area contributed by atoms with Gasteiger partial charge in [0.05, 0.1) is 18.3 Å². The van der Waals surface area contributed by atoms with Crippen LogP contribution in [0.15, 0.2) is 23.1 Å². The number of hydrogen-bond donors (Lipinski definition) is 2. The van der Waals surface area contributed by atoms with Crippen molar-refractivity contribution in [2.75, 3.05) is 24.7 Å². The highest BCUT2D eigenvalue weighted by Crippen LogP contribution is 2.27. The van der Waals surface area contributed by atoms with Gasteiger partial charge in [-0.15, -0.1) is 11.8 Å². The number of thioether (sulfide) groups is 1. The molecule has 1 aliphatic rings. The molecule has 1 aromatic carbocycles. The van der Waals surface area contributed by atoms with Crippen LogP contribution in [0.1, 0.15) is 42.5 Å². The van der Waals surface area contributed by atoms with Crippen LogP contribution >= 0.6 is 11.8 Å². The molecule has 0 unspecified atom stereocenters. The van der Waals surface area contributed by atoms with Crippen molar-refractivity contribution in [1.29, 1.82) is 0 Å². The summed E-state index contributed by atoms with van der Waals surface area (Å²) in [5.74, 6) is -0.893. The lowest BCUT2D eigenvalue weighted by atomic mass is 9.98. The number of carbonyl (C=O) groups is 1. The van der Waals surface area contributed by atoms with Crippen molar-refractivity contribution in [3.05, 3.63) is 23.8 Å². The van der Waals surface area contributed by atoms with E-state index in [9.17, 15) is 9.90 Å². The van der Waals surface area contributed by atoms with E-state index in [0.29, 0.717) is 30.5 Å². The standard InChI is InChI=1S/C16H23NO3S/c1-21-14-9-5-8-13(15(14)16(18)19)17-10-11-20-12-6-3-2-4-7-12/h5,8-9,12,17H,2-4,6-7,10-11H2,1H3,(H,18,19). The monoisotopic (exact) mass is 309 g/mol. The Balaban J connectivity index is 1.86. The minimum absolute atomic E-state index is 0.350. The molecule has 5 heteroatoms. The van der Waals surface area contributed by atoms with Gasteiger partial charge in [-0.2, -0.15) is 0 Å². The van der Waals surface area contributed by atoms with Gasteiger partial charge in [0.25, 0.3) is 0 Å². The van der Waals surface area contributed by atoms with Crippen LogP contribution in [0.3, 0.4) is 0 Å². The Morgan fingerprint density at radius 1 is 1.38 bits per heavy atom.